The van der Waals surface area contributed by atoms with Crippen molar-refractivity contribution in [2.45, 2.75) is 43.5 Å². The van der Waals surface area contributed by atoms with E-state index in [0.717, 1.165) is 24.1 Å². The molecule has 0 spiro atoms. The number of likely N-dealkylation sites (tertiary alicyclic amines) is 1. The van der Waals surface area contributed by atoms with Gasteiger partial charge in [-0.05, 0) is 61.6 Å². The van der Waals surface area contributed by atoms with Gasteiger partial charge in [-0.1, -0.05) is 36.4 Å². The molecule has 0 saturated carbocycles. The summed E-state index contributed by atoms with van der Waals surface area (Å²) in [5, 5.41) is 2.44. The molecule has 29 heavy (non-hydrogen) atoms. The van der Waals surface area contributed by atoms with Gasteiger partial charge in [0.05, 0.1) is 10.6 Å². The largest absolute Gasteiger partial charge is 0.359 e. The van der Waals surface area contributed by atoms with Crippen LogP contribution >= 0.6 is 0 Å². The Morgan fingerprint density at radius 2 is 1.69 bits per heavy atom. The topological polar surface area (TPSA) is 66.5 Å². The minimum atomic E-state index is -3.46. The molecule has 1 atom stereocenters. The van der Waals surface area contributed by atoms with Crippen LogP contribution in [0.25, 0.3) is 11.1 Å². The zero-order valence-corrected chi connectivity index (χ0v) is 18.0. The van der Waals surface area contributed by atoms with Crippen molar-refractivity contribution in [2.75, 3.05) is 25.9 Å². The summed E-state index contributed by atoms with van der Waals surface area (Å²) < 4.78 is 24.7. The summed E-state index contributed by atoms with van der Waals surface area (Å²) in [4.78, 5) is 14.1. The fourth-order valence-corrected chi connectivity index (χ4v) is 5.03. The summed E-state index contributed by atoms with van der Waals surface area (Å²) in [6.45, 7) is 4.61. The lowest BCUT2D eigenvalue weighted by Gasteiger charge is -2.20. The van der Waals surface area contributed by atoms with Crippen molar-refractivity contribution in [3.05, 3.63) is 54.1 Å². The maximum atomic E-state index is 12.4. The molecule has 1 N–H and O–H groups in total. The van der Waals surface area contributed by atoms with Crippen LogP contribution in [-0.4, -0.2) is 51.2 Å². The first-order chi connectivity index (χ1) is 13.9. The van der Waals surface area contributed by atoms with Crippen LogP contribution in [0.15, 0.2) is 53.4 Å². The van der Waals surface area contributed by atoms with Gasteiger partial charge in [0.1, 0.15) is 0 Å². The Morgan fingerprint density at radius 1 is 1.07 bits per heavy atom. The second-order valence-electron chi connectivity index (χ2n) is 7.74. The van der Waals surface area contributed by atoms with E-state index >= 15 is 0 Å². The third kappa shape index (κ3) is 5.67. The van der Waals surface area contributed by atoms with Gasteiger partial charge in [0, 0.05) is 26.1 Å². The Balaban J connectivity index is 1.61. The summed E-state index contributed by atoms with van der Waals surface area (Å²) in [7, 11) is -1.95. The molecule has 1 heterocycles. The smallest absolute Gasteiger partial charge is 0.220 e. The van der Waals surface area contributed by atoms with E-state index in [-0.39, 0.29) is 23.0 Å². The zero-order valence-electron chi connectivity index (χ0n) is 17.2. The Labute approximate surface area is 174 Å². The number of sulfone groups is 1. The van der Waals surface area contributed by atoms with Crippen molar-refractivity contribution in [1.29, 1.82) is 0 Å². The molecule has 1 saturated heterocycles. The predicted molar refractivity (Wildman–Crippen MR) is 117 cm³/mol. The Kier molecular flexibility index (Phi) is 7.09. The van der Waals surface area contributed by atoms with Crippen LogP contribution in [0.1, 0.15) is 31.7 Å². The van der Waals surface area contributed by atoms with Crippen LogP contribution in [0, 0.1) is 0 Å². The Morgan fingerprint density at radius 3 is 2.24 bits per heavy atom. The molecule has 156 valence electrons. The van der Waals surface area contributed by atoms with Gasteiger partial charge >= 0.3 is 0 Å². The number of benzene rings is 2. The molecule has 0 aromatic heterocycles. The summed E-state index contributed by atoms with van der Waals surface area (Å²) in [5.74, 6) is -0.458. The number of carbonyl (C=O) groups excluding carboxylic acids is 1. The van der Waals surface area contributed by atoms with E-state index in [0.29, 0.717) is 6.04 Å². The van der Waals surface area contributed by atoms with Gasteiger partial charge in [0.25, 0.3) is 0 Å². The van der Waals surface area contributed by atoms with E-state index in [1.54, 1.807) is 12.1 Å². The molecular formula is C23H30N2O3S. The van der Waals surface area contributed by atoms with E-state index in [2.05, 4.69) is 41.4 Å². The van der Waals surface area contributed by atoms with Crippen LogP contribution in [0.2, 0.25) is 0 Å². The molecular weight excluding hydrogens is 384 g/mol. The van der Waals surface area contributed by atoms with Gasteiger partial charge in [-0.3, -0.25) is 4.79 Å². The SMILES string of the molecule is CNC(=O)CCS(=O)(=O)c1ccc(-c2ccc(CCN3CCC[C@H]3C)cc2)cc1. The van der Waals surface area contributed by atoms with E-state index in [1.165, 1.54) is 32.0 Å². The minimum absolute atomic E-state index is 0.0295. The number of nitrogens with zero attached hydrogens (tertiary/aromatic N) is 1. The maximum absolute atomic E-state index is 12.4. The molecule has 1 amide bonds. The fraction of sp³-hybridized carbons (Fsp3) is 0.435. The maximum Gasteiger partial charge on any atom is 0.220 e. The first kappa shape index (κ1) is 21.5. The molecule has 2 aromatic carbocycles. The van der Waals surface area contributed by atoms with Crippen molar-refractivity contribution >= 4 is 15.7 Å². The summed E-state index contributed by atoms with van der Waals surface area (Å²) in [6.07, 6.45) is 3.62. The number of hydrogen-bond acceptors (Lipinski definition) is 4. The highest BCUT2D eigenvalue weighted by atomic mass is 32.2. The zero-order chi connectivity index (χ0) is 20.9. The second kappa shape index (κ2) is 9.55. The van der Waals surface area contributed by atoms with Crippen LogP contribution < -0.4 is 5.32 Å². The van der Waals surface area contributed by atoms with E-state index in [1.807, 2.05) is 12.1 Å². The fourth-order valence-electron chi connectivity index (χ4n) is 3.79. The van der Waals surface area contributed by atoms with E-state index in [9.17, 15) is 13.2 Å². The van der Waals surface area contributed by atoms with Crippen molar-refractivity contribution in [3.8, 4) is 11.1 Å². The van der Waals surface area contributed by atoms with Gasteiger partial charge < -0.3 is 10.2 Å². The van der Waals surface area contributed by atoms with Crippen LogP contribution in [0.5, 0.6) is 0 Å². The van der Waals surface area contributed by atoms with Crippen molar-refractivity contribution in [2.24, 2.45) is 0 Å². The highest BCUT2D eigenvalue weighted by molar-refractivity contribution is 7.91. The van der Waals surface area contributed by atoms with Crippen molar-refractivity contribution in [1.82, 2.24) is 10.2 Å². The number of rotatable bonds is 8. The Hall–Kier alpha value is -2.18. The molecule has 3 rings (SSSR count). The van der Waals surface area contributed by atoms with Gasteiger partial charge in [-0.25, -0.2) is 8.42 Å². The summed E-state index contributed by atoms with van der Waals surface area (Å²) in [6, 6.07) is 16.1. The van der Waals surface area contributed by atoms with Crippen LogP contribution in [0.3, 0.4) is 0 Å². The minimum Gasteiger partial charge on any atom is -0.359 e. The first-order valence-corrected chi connectivity index (χ1v) is 11.9. The van der Waals surface area contributed by atoms with Crippen molar-refractivity contribution < 1.29 is 13.2 Å². The first-order valence-electron chi connectivity index (χ1n) is 10.3. The number of hydrogen-bond donors (Lipinski definition) is 1. The molecule has 0 unspecified atom stereocenters. The molecule has 0 radical (unpaired) electrons. The van der Waals surface area contributed by atoms with Gasteiger partial charge in [-0.2, -0.15) is 0 Å². The second-order valence-corrected chi connectivity index (χ2v) is 9.85. The number of nitrogens with one attached hydrogen (secondary N) is 1. The third-order valence-corrected chi connectivity index (χ3v) is 7.49. The molecule has 6 heteroatoms. The third-order valence-electron chi connectivity index (χ3n) is 5.76. The lowest BCUT2D eigenvalue weighted by atomic mass is 10.0. The molecule has 2 aromatic rings. The van der Waals surface area contributed by atoms with E-state index < -0.39 is 9.84 Å². The molecule has 1 aliphatic rings. The summed E-state index contributed by atoms with van der Waals surface area (Å²) >= 11 is 0. The standard InChI is InChI=1S/C23H30N2O3S/c1-18-4-3-15-25(18)16-13-19-5-7-20(8-6-19)21-9-11-22(12-10-21)29(27,28)17-14-23(26)24-2/h5-12,18H,3-4,13-17H2,1-2H3,(H,24,26)/t18-/m1/s1. The van der Waals surface area contributed by atoms with Gasteiger partial charge in [0.2, 0.25) is 5.91 Å². The average molecular weight is 415 g/mol. The van der Waals surface area contributed by atoms with Crippen LogP contribution in [-0.2, 0) is 21.1 Å². The lowest BCUT2D eigenvalue weighted by Crippen LogP contribution is -2.28. The van der Waals surface area contributed by atoms with Crippen molar-refractivity contribution in [3.63, 3.8) is 0 Å². The molecule has 1 aliphatic heterocycles. The lowest BCUT2D eigenvalue weighted by molar-refractivity contribution is -0.120. The number of carbonyl (C=O) groups is 1. The Bertz CT molecular complexity index is 922. The quantitative estimate of drug-likeness (QED) is 0.720. The normalized spacial score (nSPS) is 17.4. The highest BCUT2D eigenvalue weighted by Gasteiger charge is 2.19. The molecule has 0 aliphatic carbocycles. The number of amides is 1. The van der Waals surface area contributed by atoms with Gasteiger partial charge in [-0.15, -0.1) is 0 Å². The predicted octanol–water partition coefficient (Wildman–Crippen LogP) is 3.29. The highest BCUT2D eigenvalue weighted by Crippen LogP contribution is 2.23. The van der Waals surface area contributed by atoms with Gasteiger partial charge in [0.15, 0.2) is 9.84 Å². The molecule has 5 nitrogen and oxygen atoms in total. The molecule has 1 fully saturated rings. The molecule has 0 bridgehead atoms. The summed E-state index contributed by atoms with van der Waals surface area (Å²) in [5.41, 5.74) is 3.37. The monoisotopic (exact) mass is 414 g/mol. The van der Waals surface area contributed by atoms with E-state index in [4.69, 9.17) is 0 Å². The van der Waals surface area contributed by atoms with Crippen LogP contribution in [0.4, 0.5) is 0 Å². The average Bonchev–Trinajstić information content (AvgIpc) is 3.15.